The third kappa shape index (κ3) is 11.5. The van der Waals surface area contributed by atoms with Crippen molar-refractivity contribution in [1.82, 2.24) is 16.0 Å². The molecule has 0 aliphatic rings. The Morgan fingerprint density at radius 1 is 0.700 bits per heavy atom. The van der Waals surface area contributed by atoms with Crippen molar-refractivity contribution in [2.75, 3.05) is 0 Å². The average Bonchev–Trinajstić information content (AvgIpc) is 2.56. The molecule has 0 heterocycles. The van der Waals surface area contributed by atoms with Gasteiger partial charge in [0.15, 0.2) is 0 Å². The van der Waals surface area contributed by atoms with Crippen molar-refractivity contribution < 1.29 is 19.5 Å². The first-order chi connectivity index (χ1) is 13.7. The average molecular weight is 428 g/mol. The molecule has 7 heteroatoms. The van der Waals surface area contributed by atoms with E-state index in [2.05, 4.69) is 16.0 Å². The molecule has 0 bridgehead atoms. The molecule has 0 aromatic carbocycles. The Morgan fingerprint density at radius 3 is 1.63 bits per heavy atom. The summed E-state index contributed by atoms with van der Waals surface area (Å²) in [4.78, 5) is 38.1. The summed E-state index contributed by atoms with van der Waals surface area (Å²) in [6, 6.07) is -1.81. The second kappa shape index (κ2) is 13.6. The number of hydrogen-bond acceptors (Lipinski definition) is 4. The summed E-state index contributed by atoms with van der Waals surface area (Å²) in [5, 5.41) is 18.6. The highest BCUT2D eigenvalue weighted by Gasteiger charge is 2.30. The normalized spacial score (nSPS) is 15.8. The van der Waals surface area contributed by atoms with Gasteiger partial charge in [-0.05, 0) is 43.4 Å². The first-order valence-corrected chi connectivity index (χ1v) is 11.3. The van der Waals surface area contributed by atoms with E-state index in [-0.39, 0.29) is 41.5 Å². The molecular weight excluding hydrogens is 382 g/mol. The van der Waals surface area contributed by atoms with Crippen LogP contribution in [-0.4, -0.2) is 47.1 Å². The van der Waals surface area contributed by atoms with Crippen molar-refractivity contribution in [2.45, 2.75) is 106 Å². The molecule has 0 aliphatic heterocycles. The topological polar surface area (TPSA) is 108 Å². The monoisotopic (exact) mass is 427 g/mol. The number of aliphatic hydroxyl groups excluding tert-OH is 1. The molecule has 4 N–H and O–H groups in total. The van der Waals surface area contributed by atoms with E-state index in [4.69, 9.17) is 0 Å². The first-order valence-electron chi connectivity index (χ1n) is 11.3. The molecule has 0 saturated heterocycles. The Morgan fingerprint density at radius 2 is 1.23 bits per heavy atom. The number of rotatable bonds is 13. The number of hydrogen-bond donors (Lipinski definition) is 4. The molecule has 0 saturated carbocycles. The van der Waals surface area contributed by atoms with Crippen LogP contribution in [0.4, 0.5) is 0 Å². The third-order valence-corrected chi connectivity index (χ3v) is 4.83. The van der Waals surface area contributed by atoms with Crippen LogP contribution < -0.4 is 16.0 Å². The van der Waals surface area contributed by atoms with Gasteiger partial charge < -0.3 is 21.1 Å². The largest absolute Gasteiger partial charge is 0.391 e. The Labute approximate surface area is 183 Å². The smallest absolute Gasteiger partial charge is 0.243 e. The van der Waals surface area contributed by atoms with Gasteiger partial charge in [-0.2, -0.15) is 0 Å². The van der Waals surface area contributed by atoms with Gasteiger partial charge in [-0.25, -0.2) is 0 Å². The summed E-state index contributed by atoms with van der Waals surface area (Å²) in [6.07, 6.45) is 0.769. The van der Waals surface area contributed by atoms with Gasteiger partial charge in [0.1, 0.15) is 12.1 Å². The van der Waals surface area contributed by atoms with Gasteiger partial charge >= 0.3 is 0 Å². The van der Waals surface area contributed by atoms with Crippen LogP contribution in [0.15, 0.2) is 0 Å². The van der Waals surface area contributed by atoms with Crippen molar-refractivity contribution in [1.29, 1.82) is 0 Å². The Kier molecular flexibility index (Phi) is 12.9. The summed E-state index contributed by atoms with van der Waals surface area (Å²) in [7, 11) is 0. The van der Waals surface area contributed by atoms with Gasteiger partial charge in [-0.1, -0.05) is 55.4 Å². The maximum Gasteiger partial charge on any atom is 0.243 e. The van der Waals surface area contributed by atoms with Crippen molar-refractivity contribution >= 4 is 17.7 Å². The standard InChI is InChI=1S/C23H45N3O4/c1-13(2)10-18(17(9)27)24-22(29)19(11-14(3)4)25-23(30)21(16(7)8)26-20(28)12-15(5)6/h13-19,21,27H,10-12H2,1-9H3,(H,24,29)(H,25,30)(H,26,28)/t17-,18-,19-,21-/m0/s1. The zero-order chi connectivity index (χ0) is 23.6. The van der Waals surface area contributed by atoms with Crippen LogP contribution in [0.5, 0.6) is 0 Å². The van der Waals surface area contributed by atoms with E-state index in [0.29, 0.717) is 25.2 Å². The zero-order valence-corrected chi connectivity index (χ0v) is 20.4. The van der Waals surface area contributed by atoms with E-state index in [0.717, 1.165) is 0 Å². The number of amides is 3. The van der Waals surface area contributed by atoms with E-state index in [1.54, 1.807) is 6.92 Å². The molecule has 3 amide bonds. The molecule has 4 atom stereocenters. The molecule has 0 radical (unpaired) electrons. The van der Waals surface area contributed by atoms with E-state index >= 15 is 0 Å². The molecule has 30 heavy (non-hydrogen) atoms. The summed E-state index contributed by atoms with van der Waals surface area (Å²) in [6.45, 7) is 17.3. The van der Waals surface area contributed by atoms with Crippen molar-refractivity contribution in [2.24, 2.45) is 23.7 Å². The maximum atomic E-state index is 12.9. The summed E-state index contributed by atoms with van der Waals surface area (Å²) < 4.78 is 0. The van der Waals surface area contributed by atoms with Crippen molar-refractivity contribution in [3.8, 4) is 0 Å². The highest BCUT2D eigenvalue weighted by atomic mass is 16.3. The summed E-state index contributed by atoms with van der Waals surface area (Å²) in [5.74, 6) is -0.266. The molecule has 7 nitrogen and oxygen atoms in total. The first kappa shape index (κ1) is 28.4. The highest BCUT2D eigenvalue weighted by molar-refractivity contribution is 5.92. The fourth-order valence-corrected chi connectivity index (χ4v) is 3.27. The van der Waals surface area contributed by atoms with Crippen LogP contribution in [0.1, 0.15) is 81.6 Å². The molecule has 0 rings (SSSR count). The van der Waals surface area contributed by atoms with Gasteiger partial charge in [-0.3, -0.25) is 14.4 Å². The molecule has 0 unspecified atom stereocenters. The Balaban J connectivity index is 5.33. The predicted molar refractivity (Wildman–Crippen MR) is 121 cm³/mol. The summed E-state index contributed by atoms with van der Waals surface area (Å²) in [5.41, 5.74) is 0. The van der Waals surface area contributed by atoms with Gasteiger partial charge in [0.2, 0.25) is 17.7 Å². The second-order valence-electron chi connectivity index (χ2n) is 10.1. The lowest BCUT2D eigenvalue weighted by Crippen LogP contribution is -2.57. The van der Waals surface area contributed by atoms with Crippen molar-refractivity contribution in [3.63, 3.8) is 0 Å². The van der Waals surface area contributed by atoms with E-state index in [9.17, 15) is 19.5 Å². The summed E-state index contributed by atoms with van der Waals surface area (Å²) >= 11 is 0. The molecule has 0 fully saturated rings. The number of carbonyl (C=O) groups is 3. The number of nitrogens with one attached hydrogen (secondary N) is 3. The van der Waals surface area contributed by atoms with Crippen molar-refractivity contribution in [3.05, 3.63) is 0 Å². The lowest BCUT2D eigenvalue weighted by molar-refractivity contribution is -0.133. The van der Waals surface area contributed by atoms with Gasteiger partial charge in [-0.15, -0.1) is 0 Å². The molecule has 0 aliphatic carbocycles. The fourth-order valence-electron chi connectivity index (χ4n) is 3.27. The molecule has 176 valence electrons. The van der Waals surface area contributed by atoms with E-state index in [1.807, 2.05) is 55.4 Å². The molecule has 0 aromatic heterocycles. The highest BCUT2D eigenvalue weighted by Crippen LogP contribution is 2.12. The minimum atomic E-state index is -0.728. The molecular formula is C23H45N3O4. The van der Waals surface area contributed by atoms with Crippen LogP contribution in [0.25, 0.3) is 0 Å². The van der Waals surface area contributed by atoms with E-state index in [1.165, 1.54) is 0 Å². The van der Waals surface area contributed by atoms with E-state index < -0.39 is 18.2 Å². The maximum absolute atomic E-state index is 12.9. The Hall–Kier alpha value is -1.63. The van der Waals surface area contributed by atoms with Gasteiger partial charge in [0.05, 0.1) is 12.1 Å². The van der Waals surface area contributed by atoms with Crippen LogP contribution in [0.2, 0.25) is 0 Å². The fraction of sp³-hybridized carbons (Fsp3) is 0.870. The lowest BCUT2D eigenvalue weighted by atomic mass is 9.97. The minimum Gasteiger partial charge on any atom is -0.391 e. The Bertz CT molecular complexity index is 545. The molecule has 0 spiro atoms. The van der Waals surface area contributed by atoms with Gasteiger partial charge in [0, 0.05) is 6.42 Å². The SMILES string of the molecule is CC(C)CC(=O)N[C@H](C(=O)N[C@@H](CC(C)C)C(=O)N[C@@H](CC(C)C)[C@H](C)O)C(C)C. The lowest BCUT2D eigenvalue weighted by Gasteiger charge is -2.29. The quantitative estimate of drug-likeness (QED) is 0.362. The number of carbonyl (C=O) groups excluding carboxylic acids is 3. The van der Waals surface area contributed by atoms with Crippen LogP contribution >= 0.6 is 0 Å². The van der Waals surface area contributed by atoms with Crippen LogP contribution in [0.3, 0.4) is 0 Å². The second-order valence-corrected chi connectivity index (χ2v) is 10.1. The van der Waals surface area contributed by atoms with Gasteiger partial charge in [0.25, 0.3) is 0 Å². The number of aliphatic hydroxyl groups is 1. The zero-order valence-electron chi connectivity index (χ0n) is 20.4. The molecule has 0 aromatic rings. The minimum absolute atomic E-state index is 0.116. The van der Waals surface area contributed by atoms with Crippen LogP contribution in [0, 0.1) is 23.7 Å². The third-order valence-electron chi connectivity index (χ3n) is 4.83. The predicted octanol–water partition coefficient (Wildman–Crippen LogP) is 2.62. The van der Waals surface area contributed by atoms with Crippen LogP contribution in [-0.2, 0) is 14.4 Å².